The number of amides is 1. The van der Waals surface area contributed by atoms with Crippen LogP contribution in [0.5, 0.6) is 5.75 Å². The molecule has 0 saturated carbocycles. The highest BCUT2D eigenvalue weighted by atomic mass is 35.5. The van der Waals surface area contributed by atoms with E-state index in [1.54, 1.807) is 18.2 Å². The van der Waals surface area contributed by atoms with E-state index in [4.69, 9.17) is 16.3 Å². The molecule has 0 radical (unpaired) electrons. The van der Waals surface area contributed by atoms with Crippen LogP contribution in [0.1, 0.15) is 12.8 Å². The maximum absolute atomic E-state index is 11.2. The molecule has 100 valence electrons. The summed E-state index contributed by atoms with van der Waals surface area (Å²) in [5, 5.41) is 3.24. The first-order chi connectivity index (χ1) is 9.24. The lowest BCUT2D eigenvalue weighted by molar-refractivity contribution is -0.120. The first kappa shape index (κ1) is 15.1. The summed E-state index contributed by atoms with van der Waals surface area (Å²) in [7, 11) is 0. The number of rotatable bonds is 6. The lowest BCUT2D eigenvalue weighted by Gasteiger charge is -2.03. The standard InChI is InChI=1S/C15H16ClNO2/c1-2-3-10-15(18)17-11-6-7-12-19-14-9-5-4-8-13(14)16/h2,4-5,8-9H,1,3,10-12H2,(H,17,18). The van der Waals surface area contributed by atoms with Crippen molar-refractivity contribution in [3.63, 3.8) is 0 Å². The van der Waals surface area contributed by atoms with Crippen molar-refractivity contribution in [1.29, 1.82) is 0 Å². The minimum absolute atomic E-state index is 0.0266. The molecule has 3 nitrogen and oxygen atoms in total. The molecule has 0 aliphatic rings. The van der Waals surface area contributed by atoms with Gasteiger partial charge in [-0.3, -0.25) is 4.79 Å². The molecule has 0 heterocycles. The topological polar surface area (TPSA) is 38.3 Å². The van der Waals surface area contributed by atoms with E-state index in [0.29, 0.717) is 30.2 Å². The highest BCUT2D eigenvalue weighted by molar-refractivity contribution is 6.32. The highest BCUT2D eigenvalue weighted by Crippen LogP contribution is 2.22. The molecule has 1 amide bonds. The van der Waals surface area contributed by atoms with Crippen LogP contribution in [0, 0.1) is 11.8 Å². The van der Waals surface area contributed by atoms with Crippen LogP contribution in [0.3, 0.4) is 0 Å². The number of ether oxygens (including phenoxy) is 1. The summed E-state index contributed by atoms with van der Waals surface area (Å²) in [6.07, 6.45) is 2.83. The molecule has 1 N–H and O–H groups in total. The summed E-state index contributed by atoms with van der Waals surface area (Å²) in [6, 6.07) is 7.21. The molecule has 19 heavy (non-hydrogen) atoms. The van der Waals surface area contributed by atoms with Gasteiger partial charge in [0.2, 0.25) is 5.91 Å². The predicted octanol–water partition coefficient (Wildman–Crippen LogP) is 2.80. The lowest BCUT2D eigenvalue weighted by Crippen LogP contribution is -2.22. The summed E-state index contributed by atoms with van der Waals surface area (Å²) in [5.41, 5.74) is 0. The number of carbonyl (C=O) groups excluding carboxylic acids is 1. The van der Waals surface area contributed by atoms with Crippen molar-refractivity contribution >= 4 is 17.5 Å². The van der Waals surface area contributed by atoms with Gasteiger partial charge in [0.25, 0.3) is 0 Å². The second-order valence-electron chi connectivity index (χ2n) is 3.68. The first-order valence-corrected chi connectivity index (χ1v) is 6.32. The third kappa shape index (κ3) is 6.54. The third-order valence-corrected chi connectivity index (χ3v) is 2.52. The van der Waals surface area contributed by atoms with E-state index in [1.165, 1.54) is 0 Å². The Morgan fingerprint density at radius 2 is 2.21 bits per heavy atom. The van der Waals surface area contributed by atoms with E-state index in [9.17, 15) is 4.79 Å². The van der Waals surface area contributed by atoms with Gasteiger partial charge in [0, 0.05) is 6.42 Å². The molecule has 0 unspecified atom stereocenters. The fraction of sp³-hybridized carbons (Fsp3) is 0.267. The van der Waals surface area contributed by atoms with Crippen molar-refractivity contribution in [2.24, 2.45) is 0 Å². The average molecular weight is 278 g/mol. The second kappa shape index (κ2) is 9.07. The van der Waals surface area contributed by atoms with E-state index in [-0.39, 0.29) is 12.5 Å². The van der Waals surface area contributed by atoms with Crippen molar-refractivity contribution in [2.45, 2.75) is 12.8 Å². The first-order valence-electron chi connectivity index (χ1n) is 5.94. The van der Waals surface area contributed by atoms with Crippen LogP contribution in [-0.2, 0) is 4.79 Å². The Morgan fingerprint density at radius 1 is 1.42 bits per heavy atom. The van der Waals surface area contributed by atoms with Gasteiger partial charge in [-0.2, -0.15) is 0 Å². The maximum Gasteiger partial charge on any atom is 0.221 e. The van der Waals surface area contributed by atoms with Crippen LogP contribution < -0.4 is 10.1 Å². The summed E-state index contributed by atoms with van der Waals surface area (Å²) >= 11 is 5.92. The highest BCUT2D eigenvalue weighted by Gasteiger charge is 1.97. The average Bonchev–Trinajstić information content (AvgIpc) is 2.42. The Kier molecular flexibility index (Phi) is 7.23. The van der Waals surface area contributed by atoms with Crippen LogP contribution in [0.2, 0.25) is 5.02 Å². The van der Waals surface area contributed by atoms with Crippen LogP contribution in [0.15, 0.2) is 36.9 Å². The van der Waals surface area contributed by atoms with Gasteiger partial charge >= 0.3 is 0 Å². The van der Waals surface area contributed by atoms with Gasteiger partial charge in [0.15, 0.2) is 0 Å². The molecule has 1 aromatic carbocycles. The number of benzene rings is 1. The monoisotopic (exact) mass is 277 g/mol. The van der Waals surface area contributed by atoms with Crippen LogP contribution in [0.4, 0.5) is 0 Å². The van der Waals surface area contributed by atoms with E-state index >= 15 is 0 Å². The number of halogens is 1. The summed E-state index contributed by atoms with van der Waals surface area (Å²) in [6.45, 7) is 4.12. The molecule has 0 fully saturated rings. The molecule has 1 rings (SSSR count). The fourth-order valence-corrected chi connectivity index (χ4v) is 1.44. The van der Waals surface area contributed by atoms with E-state index in [0.717, 1.165) is 0 Å². The largest absolute Gasteiger partial charge is 0.479 e. The number of carbonyl (C=O) groups is 1. The van der Waals surface area contributed by atoms with Crippen LogP contribution >= 0.6 is 11.6 Å². The van der Waals surface area contributed by atoms with Gasteiger partial charge in [0.1, 0.15) is 12.4 Å². The summed E-state index contributed by atoms with van der Waals surface area (Å²) in [5.74, 6) is 6.19. The number of nitrogens with one attached hydrogen (secondary N) is 1. The van der Waals surface area contributed by atoms with Crippen LogP contribution in [0.25, 0.3) is 0 Å². The maximum atomic E-state index is 11.2. The Labute approximate surface area is 118 Å². The Balaban J connectivity index is 2.20. The smallest absolute Gasteiger partial charge is 0.221 e. The fourth-order valence-electron chi connectivity index (χ4n) is 1.25. The number of hydrogen-bond donors (Lipinski definition) is 1. The van der Waals surface area contributed by atoms with Crippen molar-refractivity contribution < 1.29 is 9.53 Å². The van der Waals surface area contributed by atoms with Crippen molar-refractivity contribution in [3.05, 3.63) is 41.9 Å². The molecule has 0 atom stereocenters. The molecule has 0 spiro atoms. The third-order valence-electron chi connectivity index (χ3n) is 2.21. The molecule has 4 heteroatoms. The SMILES string of the molecule is C=CCCC(=O)NCC#CCOc1ccccc1Cl. The molecule has 0 aliphatic carbocycles. The number of para-hydroxylation sites is 1. The molecule has 0 saturated heterocycles. The van der Waals surface area contributed by atoms with Crippen molar-refractivity contribution in [3.8, 4) is 17.6 Å². The quantitative estimate of drug-likeness (QED) is 0.641. The van der Waals surface area contributed by atoms with E-state index < -0.39 is 0 Å². The Bertz CT molecular complexity index is 488. The van der Waals surface area contributed by atoms with Gasteiger partial charge < -0.3 is 10.1 Å². The molecule has 1 aromatic rings. The molecular formula is C15H16ClNO2. The van der Waals surface area contributed by atoms with Gasteiger partial charge in [-0.15, -0.1) is 6.58 Å². The van der Waals surface area contributed by atoms with Gasteiger partial charge in [-0.1, -0.05) is 41.7 Å². The summed E-state index contributed by atoms with van der Waals surface area (Å²) < 4.78 is 5.38. The molecule has 0 aromatic heterocycles. The minimum atomic E-state index is -0.0266. The minimum Gasteiger partial charge on any atom is -0.479 e. The van der Waals surface area contributed by atoms with Gasteiger partial charge in [-0.05, 0) is 18.6 Å². The Morgan fingerprint density at radius 3 is 2.95 bits per heavy atom. The van der Waals surface area contributed by atoms with E-state index in [1.807, 2.05) is 12.1 Å². The lowest BCUT2D eigenvalue weighted by atomic mass is 10.3. The number of allylic oxidation sites excluding steroid dienone is 1. The van der Waals surface area contributed by atoms with Crippen LogP contribution in [-0.4, -0.2) is 19.1 Å². The zero-order chi connectivity index (χ0) is 13.9. The summed E-state index contributed by atoms with van der Waals surface area (Å²) in [4.78, 5) is 11.2. The second-order valence-corrected chi connectivity index (χ2v) is 4.08. The number of hydrogen-bond acceptors (Lipinski definition) is 2. The van der Waals surface area contributed by atoms with Crippen molar-refractivity contribution in [1.82, 2.24) is 5.32 Å². The van der Waals surface area contributed by atoms with Crippen molar-refractivity contribution in [2.75, 3.05) is 13.2 Å². The van der Waals surface area contributed by atoms with Gasteiger partial charge in [-0.25, -0.2) is 0 Å². The normalized spacial score (nSPS) is 9.11. The Hall–Kier alpha value is -1.92. The molecule has 0 bridgehead atoms. The molecule has 0 aliphatic heterocycles. The van der Waals surface area contributed by atoms with Gasteiger partial charge in [0.05, 0.1) is 11.6 Å². The predicted molar refractivity (Wildman–Crippen MR) is 77.2 cm³/mol. The molecular weight excluding hydrogens is 262 g/mol. The van der Waals surface area contributed by atoms with E-state index in [2.05, 4.69) is 23.7 Å². The zero-order valence-electron chi connectivity index (χ0n) is 10.6. The zero-order valence-corrected chi connectivity index (χ0v) is 11.4.